The van der Waals surface area contributed by atoms with Crippen molar-refractivity contribution in [3.05, 3.63) is 96.4 Å². The van der Waals surface area contributed by atoms with E-state index in [1.807, 2.05) is 0 Å². The summed E-state index contributed by atoms with van der Waals surface area (Å²) in [4.78, 5) is 57.1. The van der Waals surface area contributed by atoms with Crippen LogP contribution in [-0.2, 0) is 40.1 Å². The number of fused-ring (bicyclic) bond motifs is 1. The number of halogens is 1. The highest BCUT2D eigenvalue weighted by Gasteiger charge is 2.31. The maximum absolute atomic E-state index is 13.8. The number of ether oxygens (including phenoxy) is 4. The fourth-order valence-corrected chi connectivity index (χ4v) is 6.10. The second-order valence-electron chi connectivity index (χ2n) is 14.4. The van der Waals surface area contributed by atoms with Crippen molar-refractivity contribution in [1.29, 1.82) is 0 Å². The number of nitrogens with one attached hydrogen (secondary N) is 2. The second-order valence-corrected chi connectivity index (χ2v) is 16.4. The lowest BCUT2D eigenvalue weighted by molar-refractivity contribution is -0.155. The third-order valence-corrected chi connectivity index (χ3v) is 9.39. The van der Waals surface area contributed by atoms with Crippen LogP contribution in [0.3, 0.4) is 0 Å². The van der Waals surface area contributed by atoms with Crippen LogP contribution in [0.25, 0.3) is 16.8 Å². The van der Waals surface area contributed by atoms with E-state index in [1.54, 1.807) is 89.3 Å². The molecule has 3 amide bonds. The number of anilines is 3. The first-order valence-electron chi connectivity index (χ1n) is 17.8. The van der Waals surface area contributed by atoms with Gasteiger partial charge < -0.3 is 29.6 Å². The van der Waals surface area contributed by atoms with Crippen LogP contribution in [0.5, 0.6) is 5.75 Å². The summed E-state index contributed by atoms with van der Waals surface area (Å²) < 4.78 is 60.6. The number of rotatable bonds is 13. The number of sulfone groups is 1. The molecule has 0 radical (unpaired) electrons. The van der Waals surface area contributed by atoms with E-state index in [2.05, 4.69) is 20.7 Å². The first-order chi connectivity index (χ1) is 27.3. The van der Waals surface area contributed by atoms with Gasteiger partial charge in [0.05, 0.1) is 24.1 Å². The lowest BCUT2D eigenvalue weighted by Gasteiger charge is -2.25. The zero-order valence-corrected chi connectivity index (χ0v) is 33.6. The summed E-state index contributed by atoms with van der Waals surface area (Å²) in [6, 6.07) is 18.8. The molecule has 1 unspecified atom stereocenters. The van der Waals surface area contributed by atoms with Gasteiger partial charge in [0.15, 0.2) is 15.5 Å². The molecule has 2 heterocycles. The van der Waals surface area contributed by atoms with Crippen molar-refractivity contribution in [2.24, 2.45) is 5.92 Å². The summed E-state index contributed by atoms with van der Waals surface area (Å²) in [5.41, 5.74) is 2.17. The molecule has 0 spiro atoms. The molecule has 16 nitrogen and oxygen atoms in total. The summed E-state index contributed by atoms with van der Waals surface area (Å²) in [5, 5.41) is 9.80. The number of pyridine rings is 1. The Bertz CT molecular complexity index is 2410. The predicted octanol–water partition coefficient (Wildman–Crippen LogP) is 6.45. The Labute approximate surface area is 334 Å². The normalized spacial score (nSPS) is 12.1. The summed E-state index contributed by atoms with van der Waals surface area (Å²) in [6.07, 6.45) is 0.797. The summed E-state index contributed by atoms with van der Waals surface area (Å²) in [7, 11) is -2.39. The third-order valence-electron chi connectivity index (χ3n) is 8.28. The SMILES string of the molecule is COc1cc(S(C)(=O)=O)ccc1N(C(=O)OCOC(=O)C(NC(=O)OC(C)(C)C)C(C)C)c1nc2ccc(-c3ccc(NC(=O)Cc4ccc(F)cc4)cc3)cn2n1. The van der Waals surface area contributed by atoms with Gasteiger partial charge in [-0.2, -0.15) is 4.98 Å². The van der Waals surface area contributed by atoms with Crippen molar-refractivity contribution >= 4 is 56.9 Å². The van der Waals surface area contributed by atoms with Crippen LogP contribution in [0.1, 0.15) is 40.2 Å². The van der Waals surface area contributed by atoms with E-state index in [9.17, 15) is 32.0 Å². The number of hydrogen-bond donors (Lipinski definition) is 2. The second kappa shape index (κ2) is 17.7. The van der Waals surface area contributed by atoms with Crippen molar-refractivity contribution in [2.75, 3.05) is 30.4 Å². The molecule has 0 saturated heterocycles. The standard InChI is InChI=1S/C40H43FN6O10S/c1-24(2)35(44-38(50)57-40(3,4)5)36(49)55-23-56-39(51)47(31-18-17-30(58(7,52)53)21-32(31)54-6)37-43-33-19-12-27(22-46(33)45-37)26-10-15-29(16-11-26)42-34(48)20-25-8-13-28(41)14-9-25/h8-19,21-22,24,35H,20,23H2,1-7H3,(H,42,48)(H,44,50). The molecule has 0 aliphatic carbocycles. The number of carbonyl (C=O) groups excluding carboxylic acids is 4. The molecule has 2 N–H and O–H groups in total. The monoisotopic (exact) mass is 818 g/mol. The molecule has 3 aromatic carbocycles. The van der Waals surface area contributed by atoms with Crippen LogP contribution in [0, 0.1) is 11.7 Å². The van der Waals surface area contributed by atoms with Gasteiger partial charge in [0.1, 0.15) is 23.2 Å². The molecule has 0 aliphatic heterocycles. The number of nitrogens with zero attached hydrogens (tertiary/aromatic N) is 4. The fourth-order valence-electron chi connectivity index (χ4n) is 5.46. The molecular formula is C40H43FN6O10S. The molecule has 0 bridgehead atoms. The fraction of sp³-hybridized carbons (Fsp3) is 0.300. The number of esters is 1. The van der Waals surface area contributed by atoms with Gasteiger partial charge >= 0.3 is 18.2 Å². The van der Waals surface area contributed by atoms with Crippen molar-refractivity contribution < 1.29 is 50.9 Å². The minimum Gasteiger partial charge on any atom is -0.495 e. The average molecular weight is 819 g/mol. The molecule has 18 heteroatoms. The molecule has 0 fully saturated rings. The third kappa shape index (κ3) is 11.1. The Balaban J connectivity index is 1.37. The van der Waals surface area contributed by atoms with Gasteiger partial charge in [0.25, 0.3) is 5.95 Å². The Kier molecular flexibility index (Phi) is 13.0. The minimum atomic E-state index is -3.67. The smallest absolute Gasteiger partial charge is 0.424 e. The molecule has 2 aromatic heterocycles. The Morgan fingerprint density at radius 2 is 1.59 bits per heavy atom. The first-order valence-corrected chi connectivity index (χ1v) is 19.7. The van der Waals surface area contributed by atoms with Gasteiger partial charge in [-0.1, -0.05) is 38.1 Å². The maximum atomic E-state index is 13.8. The molecule has 306 valence electrons. The van der Waals surface area contributed by atoms with Crippen molar-refractivity contribution in [2.45, 2.75) is 57.6 Å². The molecular weight excluding hydrogens is 776 g/mol. The van der Waals surface area contributed by atoms with Crippen LogP contribution in [0.2, 0.25) is 0 Å². The van der Waals surface area contributed by atoms with E-state index in [1.165, 1.54) is 42.0 Å². The van der Waals surface area contributed by atoms with Gasteiger partial charge in [-0.3, -0.25) is 4.79 Å². The number of methoxy groups -OCH3 is 1. The maximum Gasteiger partial charge on any atom is 0.424 e. The van der Waals surface area contributed by atoms with E-state index in [0.717, 1.165) is 16.7 Å². The Hall–Kier alpha value is -6.56. The molecule has 0 saturated carbocycles. The van der Waals surface area contributed by atoms with Gasteiger partial charge in [0, 0.05) is 29.8 Å². The van der Waals surface area contributed by atoms with Crippen molar-refractivity contribution in [1.82, 2.24) is 19.9 Å². The van der Waals surface area contributed by atoms with E-state index >= 15 is 0 Å². The van der Waals surface area contributed by atoms with Gasteiger partial charge in [-0.15, -0.1) is 5.10 Å². The van der Waals surface area contributed by atoms with Gasteiger partial charge in [-0.05, 0) is 86.3 Å². The number of alkyl carbamates (subject to hydrolysis) is 1. The number of amides is 3. The minimum absolute atomic E-state index is 0.00562. The van der Waals surface area contributed by atoms with Crippen molar-refractivity contribution in [3.63, 3.8) is 0 Å². The van der Waals surface area contributed by atoms with E-state index < -0.39 is 52.3 Å². The molecule has 0 aliphatic rings. The largest absolute Gasteiger partial charge is 0.495 e. The van der Waals surface area contributed by atoms with E-state index in [0.29, 0.717) is 22.5 Å². The molecule has 5 aromatic rings. The molecule has 1 atom stereocenters. The molecule has 58 heavy (non-hydrogen) atoms. The van der Waals surface area contributed by atoms with Crippen LogP contribution in [0.4, 0.5) is 31.3 Å². The topological polar surface area (TPSA) is 197 Å². The lowest BCUT2D eigenvalue weighted by Crippen LogP contribution is -2.47. The van der Waals surface area contributed by atoms with Crippen LogP contribution < -0.4 is 20.3 Å². The molecule has 5 rings (SSSR count). The Morgan fingerprint density at radius 1 is 0.914 bits per heavy atom. The average Bonchev–Trinajstić information content (AvgIpc) is 3.57. The number of carbonyl (C=O) groups is 4. The number of aromatic nitrogens is 3. The summed E-state index contributed by atoms with van der Waals surface area (Å²) >= 11 is 0. The van der Waals surface area contributed by atoms with E-state index in [4.69, 9.17) is 18.9 Å². The summed E-state index contributed by atoms with van der Waals surface area (Å²) in [6.45, 7) is 7.49. The zero-order chi connectivity index (χ0) is 42.4. The number of hydrogen-bond acceptors (Lipinski definition) is 12. The van der Waals surface area contributed by atoms with E-state index in [-0.39, 0.29) is 40.4 Å². The quantitative estimate of drug-likeness (QED) is 0.0974. The lowest BCUT2D eigenvalue weighted by atomic mass is 10.1. The predicted molar refractivity (Wildman–Crippen MR) is 211 cm³/mol. The highest BCUT2D eigenvalue weighted by atomic mass is 32.2. The zero-order valence-electron chi connectivity index (χ0n) is 32.8. The van der Waals surface area contributed by atoms with Gasteiger partial charge in [0.2, 0.25) is 12.7 Å². The van der Waals surface area contributed by atoms with Crippen LogP contribution in [0.15, 0.2) is 90.0 Å². The highest BCUT2D eigenvalue weighted by molar-refractivity contribution is 7.90. The van der Waals surface area contributed by atoms with Crippen LogP contribution >= 0.6 is 0 Å². The Morgan fingerprint density at radius 3 is 2.21 bits per heavy atom. The highest BCUT2D eigenvalue weighted by Crippen LogP contribution is 2.35. The number of benzene rings is 3. The summed E-state index contributed by atoms with van der Waals surface area (Å²) in [5.74, 6) is -2.21. The van der Waals surface area contributed by atoms with Crippen molar-refractivity contribution in [3.8, 4) is 16.9 Å². The first kappa shape index (κ1) is 42.6. The van der Waals surface area contributed by atoms with Gasteiger partial charge in [-0.25, -0.2) is 36.6 Å². The van der Waals surface area contributed by atoms with Crippen LogP contribution in [-0.4, -0.2) is 78.9 Å².